The maximum atomic E-state index is 12.2. The highest BCUT2D eigenvalue weighted by molar-refractivity contribution is 7.88. The molecule has 0 aromatic heterocycles. The van der Waals surface area contributed by atoms with E-state index >= 15 is 0 Å². The number of hydrogen-bond acceptors (Lipinski definition) is 7. The molecule has 0 atom stereocenters. The SMILES string of the molecule is COC(=O)/C=C/c1ccc2c(c1)CCCC2=O.O=C1CCCc2cc(OS(=O)(=O)C(F)(F)F)ccc21. The highest BCUT2D eigenvalue weighted by atomic mass is 32.2. The van der Waals surface area contributed by atoms with Crippen molar-refractivity contribution in [1.29, 1.82) is 0 Å². The highest BCUT2D eigenvalue weighted by Gasteiger charge is 2.48. The van der Waals surface area contributed by atoms with Crippen LogP contribution in [0.15, 0.2) is 42.5 Å². The molecule has 0 heterocycles. The molecule has 7 nitrogen and oxygen atoms in total. The summed E-state index contributed by atoms with van der Waals surface area (Å²) in [5.74, 6) is -0.703. The van der Waals surface area contributed by atoms with Gasteiger partial charge in [-0.25, -0.2) is 4.79 Å². The molecule has 4 rings (SSSR count). The topological polar surface area (TPSA) is 104 Å². The fourth-order valence-electron chi connectivity index (χ4n) is 3.85. The van der Waals surface area contributed by atoms with Gasteiger partial charge in [0.1, 0.15) is 5.75 Å². The summed E-state index contributed by atoms with van der Waals surface area (Å²) in [6.07, 6.45) is 7.04. The number of ether oxygens (including phenoxy) is 1. The summed E-state index contributed by atoms with van der Waals surface area (Å²) >= 11 is 0. The van der Waals surface area contributed by atoms with Crippen LogP contribution in [0.2, 0.25) is 0 Å². The Morgan fingerprint density at radius 2 is 1.44 bits per heavy atom. The van der Waals surface area contributed by atoms with Crippen LogP contribution in [0.25, 0.3) is 6.08 Å². The molecule has 0 saturated heterocycles. The molecule has 2 aromatic carbocycles. The van der Waals surface area contributed by atoms with Crippen LogP contribution in [0.1, 0.15) is 63.1 Å². The van der Waals surface area contributed by atoms with Gasteiger partial charge in [0.05, 0.1) is 7.11 Å². The van der Waals surface area contributed by atoms with Crippen LogP contribution in [0.4, 0.5) is 13.2 Å². The maximum Gasteiger partial charge on any atom is 0.534 e. The third-order valence-corrected chi connectivity index (χ3v) is 6.59. The van der Waals surface area contributed by atoms with E-state index in [1.54, 1.807) is 6.08 Å². The number of benzene rings is 2. The molecule has 2 aliphatic rings. The largest absolute Gasteiger partial charge is 0.534 e. The van der Waals surface area contributed by atoms with Gasteiger partial charge in [-0.1, -0.05) is 18.2 Å². The van der Waals surface area contributed by atoms with Crippen molar-refractivity contribution in [2.75, 3.05) is 7.11 Å². The van der Waals surface area contributed by atoms with Crippen molar-refractivity contribution < 1.29 is 44.9 Å². The van der Waals surface area contributed by atoms with Gasteiger partial charge < -0.3 is 8.92 Å². The summed E-state index contributed by atoms with van der Waals surface area (Å²) in [5, 5.41) is 0. The lowest BCUT2D eigenvalue weighted by Crippen LogP contribution is -2.28. The lowest BCUT2D eigenvalue weighted by Gasteiger charge is -2.16. The molecule has 0 aliphatic heterocycles. The molecule has 0 unspecified atom stereocenters. The summed E-state index contributed by atoms with van der Waals surface area (Å²) in [6.45, 7) is 0. The number of fused-ring (bicyclic) bond motifs is 2. The first kappa shape index (κ1) is 27.1. The second kappa shape index (κ2) is 11.1. The van der Waals surface area contributed by atoms with Crippen molar-refractivity contribution in [3.63, 3.8) is 0 Å². The fraction of sp³-hybridized carbons (Fsp3) is 0.320. The first-order valence-corrected chi connectivity index (χ1v) is 12.4. The Balaban J connectivity index is 0.000000202. The summed E-state index contributed by atoms with van der Waals surface area (Å²) in [5.41, 5.74) is -1.74. The van der Waals surface area contributed by atoms with E-state index < -0.39 is 21.4 Å². The Morgan fingerprint density at radius 1 is 0.889 bits per heavy atom. The van der Waals surface area contributed by atoms with E-state index in [1.165, 1.54) is 19.3 Å². The zero-order valence-corrected chi connectivity index (χ0v) is 20.1. The minimum Gasteiger partial charge on any atom is -0.466 e. The molecule has 0 saturated carbocycles. The van der Waals surface area contributed by atoms with Crippen molar-refractivity contribution in [2.45, 2.75) is 44.0 Å². The van der Waals surface area contributed by atoms with E-state index in [2.05, 4.69) is 8.92 Å². The van der Waals surface area contributed by atoms with Gasteiger partial charge in [0.15, 0.2) is 11.6 Å². The molecule has 0 fully saturated rings. The number of alkyl halides is 3. The van der Waals surface area contributed by atoms with Gasteiger partial charge in [0.25, 0.3) is 0 Å². The zero-order valence-electron chi connectivity index (χ0n) is 19.3. The zero-order chi connectivity index (χ0) is 26.5. The van der Waals surface area contributed by atoms with Gasteiger partial charge in [-0.15, -0.1) is 0 Å². The third-order valence-electron chi connectivity index (χ3n) is 5.61. The van der Waals surface area contributed by atoms with Gasteiger partial charge in [0.2, 0.25) is 0 Å². The number of halogens is 3. The van der Waals surface area contributed by atoms with Crippen LogP contribution in [0.5, 0.6) is 5.75 Å². The Bertz CT molecular complexity index is 1310. The van der Waals surface area contributed by atoms with Crippen LogP contribution in [0, 0.1) is 0 Å². The molecule has 0 amide bonds. The van der Waals surface area contributed by atoms with Crippen LogP contribution >= 0.6 is 0 Å². The Labute approximate surface area is 206 Å². The van der Waals surface area contributed by atoms with E-state index in [4.69, 9.17) is 0 Å². The van der Waals surface area contributed by atoms with Gasteiger partial charge in [-0.2, -0.15) is 21.6 Å². The quantitative estimate of drug-likeness (QED) is 0.244. The Morgan fingerprint density at radius 3 is 2.00 bits per heavy atom. The van der Waals surface area contributed by atoms with E-state index in [9.17, 15) is 36.0 Å². The number of Topliss-reactive ketones (excluding diaryl/α,β-unsaturated/α-hetero) is 2. The summed E-state index contributed by atoms with van der Waals surface area (Å²) in [4.78, 5) is 34.1. The summed E-state index contributed by atoms with van der Waals surface area (Å²) < 4.78 is 66.7. The van der Waals surface area contributed by atoms with Gasteiger partial charge in [0, 0.05) is 30.0 Å². The Kier molecular flexibility index (Phi) is 8.34. The molecule has 2 aliphatic carbocycles. The number of aryl methyl sites for hydroxylation is 2. The molecule has 192 valence electrons. The van der Waals surface area contributed by atoms with Gasteiger partial charge >= 0.3 is 21.6 Å². The number of carbonyl (C=O) groups is 3. The Hall–Kier alpha value is -3.47. The second-order valence-corrected chi connectivity index (χ2v) is 9.67. The van der Waals surface area contributed by atoms with Crippen LogP contribution in [-0.2, 0) is 32.5 Å². The first-order valence-electron chi connectivity index (χ1n) is 11.0. The molecular weight excluding hydrogens is 501 g/mol. The fourth-order valence-corrected chi connectivity index (χ4v) is 4.30. The van der Waals surface area contributed by atoms with Gasteiger partial charge in [-0.05, 0) is 66.6 Å². The minimum absolute atomic E-state index is 0.105. The maximum absolute atomic E-state index is 12.2. The van der Waals surface area contributed by atoms with Crippen molar-refractivity contribution in [1.82, 2.24) is 0 Å². The third kappa shape index (κ3) is 6.60. The monoisotopic (exact) mass is 524 g/mol. The smallest absolute Gasteiger partial charge is 0.466 e. The van der Waals surface area contributed by atoms with Crippen molar-refractivity contribution >= 4 is 33.7 Å². The van der Waals surface area contributed by atoms with E-state index in [1.807, 2.05) is 18.2 Å². The molecule has 0 bridgehead atoms. The summed E-state index contributed by atoms with van der Waals surface area (Å²) in [7, 11) is -4.33. The predicted molar refractivity (Wildman–Crippen MR) is 124 cm³/mol. The number of methoxy groups -OCH3 is 1. The average molecular weight is 525 g/mol. The van der Waals surface area contributed by atoms with Crippen molar-refractivity contribution in [2.24, 2.45) is 0 Å². The van der Waals surface area contributed by atoms with E-state index in [0.29, 0.717) is 36.8 Å². The minimum atomic E-state index is -5.68. The van der Waals surface area contributed by atoms with Crippen LogP contribution < -0.4 is 4.18 Å². The molecule has 36 heavy (non-hydrogen) atoms. The first-order chi connectivity index (χ1) is 16.9. The van der Waals surface area contributed by atoms with Crippen molar-refractivity contribution in [3.8, 4) is 5.75 Å². The van der Waals surface area contributed by atoms with E-state index in [0.717, 1.165) is 41.7 Å². The van der Waals surface area contributed by atoms with Crippen LogP contribution in [-0.4, -0.2) is 38.6 Å². The molecule has 2 aromatic rings. The van der Waals surface area contributed by atoms with Crippen LogP contribution in [0.3, 0.4) is 0 Å². The van der Waals surface area contributed by atoms with Crippen molar-refractivity contribution in [3.05, 3.63) is 70.3 Å². The highest BCUT2D eigenvalue weighted by Crippen LogP contribution is 2.30. The number of ketones is 2. The predicted octanol–water partition coefficient (Wildman–Crippen LogP) is 4.83. The molecule has 11 heteroatoms. The van der Waals surface area contributed by atoms with Gasteiger partial charge in [-0.3, -0.25) is 9.59 Å². The number of esters is 1. The number of rotatable bonds is 4. The molecule has 0 radical (unpaired) electrons. The lowest BCUT2D eigenvalue weighted by atomic mass is 9.89. The average Bonchev–Trinajstić information content (AvgIpc) is 2.82. The molecule has 0 N–H and O–H groups in total. The number of carbonyl (C=O) groups excluding carboxylic acids is 3. The summed E-state index contributed by atoms with van der Waals surface area (Å²) in [6, 6.07) is 9.15. The lowest BCUT2D eigenvalue weighted by molar-refractivity contribution is -0.134. The standard InChI is InChI=1S/C14H14O3.C11H9F3O4S/c1-17-14(16)8-6-10-5-7-12-11(9-10)3-2-4-13(12)15;12-11(13,14)19(16,17)18-8-4-5-9-7(6-8)2-1-3-10(9)15/h5-9H,2-4H2,1H3;4-6H,1-3H2/b8-6+;. The second-order valence-electron chi connectivity index (χ2n) is 8.13. The number of hydrogen-bond donors (Lipinski definition) is 0. The van der Waals surface area contributed by atoms with E-state index in [-0.39, 0.29) is 17.5 Å². The molecule has 0 spiro atoms. The normalized spacial score (nSPS) is 15.4. The molecular formula is C25H23F3O7S.